The normalized spacial score (nSPS) is 24.6. The van der Waals surface area contributed by atoms with Crippen molar-refractivity contribution in [3.63, 3.8) is 0 Å². The molecule has 1 spiro atoms. The van der Waals surface area contributed by atoms with Crippen molar-refractivity contribution in [2.24, 2.45) is 17.1 Å². The molecule has 1 aromatic heterocycles. The highest BCUT2D eigenvalue weighted by Crippen LogP contribution is 2.55. The number of likely N-dealkylation sites (tertiary alicyclic amines) is 1. The number of hydrogen-bond donors (Lipinski definition) is 2. The third-order valence-corrected chi connectivity index (χ3v) is 7.17. The average Bonchev–Trinajstić information content (AvgIpc) is 3.43. The molecule has 166 valence electrons. The van der Waals surface area contributed by atoms with Gasteiger partial charge in [-0.25, -0.2) is 4.79 Å². The lowest BCUT2D eigenvalue weighted by molar-refractivity contribution is -0.0865. The third kappa shape index (κ3) is 3.44. The molecule has 1 saturated heterocycles. The average molecular weight is 456 g/mol. The number of fused-ring (bicyclic) bond motifs is 1. The van der Waals surface area contributed by atoms with E-state index >= 15 is 0 Å². The molecular weight excluding hydrogens is 434 g/mol. The van der Waals surface area contributed by atoms with E-state index in [2.05, 4.69) is 5.16 Å². The number of amides is 2. The number of primary amides is 1. The summed E-state index contributed by atoms with van der Waals surface area (Å²) >= 11 is 6.35. The Morgan fingerprint density at radius 3 is 2.75 bits per heavy atom. The van der Waals surface area contributed by atoms with E-state index in [4.69, 9.17) is 26.6 Å². The molecule has 0 radical (unpaired) electrons. The summed E-state index contributed by atoms with van der Waals surface area (Å²) in [6.07, 6.45) is 0.904. The van der Waals surface area contributed by atoms with Gasteiger partial charge in [0.25, 0.3) is 5.91 Å². The highest BCUT2D eigenvalue weighted by Gasteiger charge is 2.58. The highest BCUT2D eigenvalue weighted by molar-refractivity contribution is 6.35. The summed E-state index contributed by atoms with van der Waals surface area (Å²) in [5.74, 6) is 0.612. The third-order valence-electron chi connectivity index (χ3n) is 6.84. The van der Waals surface area contributed by atoms with Crippen molar-refractivity contribution in [3.05, 3.63) is 58.9 Å². The number of rotatable bonds is 5. The van der Waals surface area contributed by atoms with E-state index in [-0.39, 0.29) is 23.1 Å². The first-order chi connectivity index (χ1) is 15.4. The Kier molecular flexibility index (Phi) is 4.97. The van der Waals surface area contributed by atoms with E-state index in [1.165, 1.54) is 4.90 Å². The molecular formula is C23H22ClN3O5. The van der Waals surface area contributed by atoms with Crippen LogP contribution in [0.4, 0.5) is 4.79 Å². The molecule has 0 bridgehead atoms. The molecule has 3 N–H and O–H groups in total. The first kappa shape index (κ1) is 20.6. The summed E-state index contributed by atoms with van der Waals surface area (Å²) < 4.78 is 11.8. The van der Waals surface area contributed by atoms with E-state index in [1.807, 2.05) is 36.4 Å². The van der Waals surface area contributed by atoms with Crippen LogP contribution in [0.3, 0.4) is 0 Å². The van der Waals surface area contributed by atoms with Gasteiger partial charge in [-0.3, -0.25) is 4.79 Å². The maximum absolute atomic E-state index is 11.5. The fraction of sp³-hybridized carbons (Fsp3) is 0.348. The van der Waals surface area contributed by atoms with Crippen LogP contribution >= 0.6 is 11.6 Å². The second kappa shape index (κ2) is 7.70. The zero-order valence-electron chi connectivity index (χ0n) is 17.2. The molecule has 32 heavy (non-hydrogen) atoms. The van der Waals surface area contributed by atoms with Gasteiger partial charge >= 0.3 is 6.09 Å². The zero-order chi connectivity index (χ0) is 22.5. The summed E-state index contributed by atoms with van der Waals surface area (Å²) in [7, 11) is 0. The van der Waals surface area contributed by atoms with E-state index < -0.39 is 12.0 Å². The van der Waals surface area contributed by atoms with E-state index in [1.54, 1.807) is 6.07 Å². The van der Waals surface area contributed by atoms with Crippen molar-refractivity contribution in [2.75, 3.05) is 13.1 Å². The minimum atomic E-state index is -0.913. The molecule has 8 nitrogen and oxygen atoms in total. The van der Waals surface area contributed by atoms with E-state index in [0.29, 0.717) is 30.3 Å². The van der Waals surface area contributed by atoms with E-state index in [0.717, 1.165) is 29.4 Å². The topological polar surface area (TPSA) is 119 Å². The number of halogens is 1. The first-order valence-electron chi connectivity index (χ1n) is 10.4. The van der Waals surface area contributed by atoms with Crippen LogP contribution in [-0.4, -0.2) is 46.4 Å². The first-order valence-corrected chi connectivity index (χ1v) is 10.8. The second-order valence-electron chi connectivity index (χ2n) is 8.62. The van der Waals surface area contributed by atoms with Crippen LogP contribution in [-0.2, 0) is 6.42 Å². The van der Waals surface area contributed by atoms with Crippen molar-refractivity contribution in [3.8, 4) is 5.75 Å². The van der Waals surface area contributed by atoms with Crippen LogP contribution < -0.4 is 10.5 Å². The van der Waals surface area contributed by atoms with Crippen molar-refractivity contribution < 1.29 is 24.0 Å². The maximum atomic E-state index is 11.5. The van der Waals surface area contributed by atoms with E-state index in [9.17, 15) is 14.7 Å². The Labute approximate surface area is 188 Å². The van der Waals surface area contributed by atoms with Gasteiger partial charge in [0.05, 0.1) is 0 Å². The van der Waals surface area contributed by atoms with Crippen molar-refractivity contribution >= 4 is 34.4 Å². The van der Waals surface area contributed by atoms with Crippen molar-refractivity contribution in [1.29, 1.82) is 0 Å². The quantitative estimate of drug-likeness (QED) is 0.601. The number of hydrogen-bond acceptors (Lipinski definition) is 5. The van der Waals surface area contributed by atoms with Gasteiger partial charge in [-0.15, -0.1) is 0 Å². The van der Waals surface area contributed by atoms with Crippen LogP contribution in [0.2, 0.25) is 5.02 Å². The molecule has 5 rings (SSSR count). The molecule has 3 atom stereocenters. The number of carbonyl (C=O) groups excluding carboxylic acids is 1. The standard InChI is InChI=1S/C23H22ClN3O5/c24-17-5-6-19(15-4-2-1-3-14(15)17)31-20-11-23(7-8-27(12-23)22(29)30)16(20)9-13-10-18(21(25)28)26-32-13/h1-6,10,16,20H,7-9,11-12H2,(H2,25,28)(H,29,30). The number of aromatic nitrogens is 1. The number of nitrogens with zero attached hydrogens (tertiary/aromatic N) is 2. The molecule has 1 saturated carbocycles. The Bertz CT molecular complexity index is 1210. The predicted molar refractivity (Wildman–Crippen MR) is 117 cm³/mol. The minimum Gasteiger partial charge on any atom is -0.489 e. The molecule has 2 aromatic carbocycles. The van der Waals surface area contributed by atoms with Gasteiger partial charge in [0, 0.05) is 52.7 Å². The summed E-state index contributed by atoms with van der Waals surface area (Å²) in [5.41, 5.74) is 5.17. The Hall–Kier alpha value is -3.26. The summed E-state index contributed by atoms with van der Waals surface area (Å²) in [6.45, 7) is 0.941. The maximum Gasteiger partial charge on any atom is 0.407 e. The molecule has 3 aromatic rings. The van der Waals surface area contributed by atoms with Gasteiger partial charge in [0.2, 0.25) is 0 Å². The zero-order valence-corrected chi connectivity index (χ0v) is 17.9. The highest BCUT2D eigenvalue weighted by atomic mass is 35.5. The minimum absolute atomic E-state index is 0.00466. The predicted octanol–water partition coefficient (Wildman–Crippen LogP) is 3.96. The van der Waals surface area contributed by atoms with Crippen molar-refractivity contribution in [1.82, 2.24) is 10.1 Å². The fourth-order valence-electron chi connectivity index (χ4n) is 5.17. The number of ether oxygens (including phenoxy) is 1. The summed E-state index contributed by atoms with van der Waals surface area (Å²) in [5, 5.41) is 15.7. The SMILES string of the molecule is NC(=O)c1cc(CC2C(Oc3ccc(Cl)c4ccccc34)CC23CCN(C(=O)O)C3)on1. The monoisotopic (exact) mass is 455 g/mol. The van der Waals surface area contributed by atoms with Gasteiger partial charge in [0.15, 0.2) is 5.69 Å². The second-order valence-corrected chi connectivity index (χ2v) is 9.03. The molecule has 2 aliphatic rings. The van der Waals surface area contributed by atoms with Gasteiger partial charge in [-0.05, 0) is 25.0 Å². The van der Waals surface area contributed by atoms with Crippen LogP contribution in [0.5, 0.6) is 5.75 Å². The lowest BCUT2D eigenvalue weighted by Crippen LogP contribution is -2.56. The Morgan fingerprint density at radius 1 is 1.28 bits per heavy atom. The smallest absolute Gasteiger partial charge is 0.407 e. The molecule has 2 fully saturated rings. The molecule has 9 heteroatoms. The Balaban J connectivity index is 1.43. The van der Waals surface area contributed by atoms with Gasteiger partial charge in [-0.1, -0.05) is 41.0 Å². The van der Waals surface area contributed by atoms with Crippen LogP contribution in [0.1, 0.15) is 29.1 Å². The number of nitrogens with two attached hydrogens (primary N) is 1. The molecule has 2 amide bonds. The van der Waals surface area contributed by atoms with Crippen LogP contribution in [0.15, 0.2) is 47.0 Å². The largest absolute Gasteiger partial charge is 0.489 e. The summed E-state index contributed by atoms with van der Waals surface area (Å²) in [4.78, 5) is 24.4. The van der Waals surface area contributed by atoms with Crippen molar-refractivity contribution in [2.45, 2.75) is 25.4 Å². The number of benzene rings is 2. The summed E-state index contributed by atoms with van der Waals surface area (Å²) in [6, 6.07) is 13.0. The Morgan fingerprint density at radius 2 is 2.06 bits per heavy atom. The molecule has 1 aliphatic heterocycles. The lowest BCUT2D eigenvalue weighted by Gasteiger charge is -2.52. The van der Waals surface area contributed by atoms with Crippen LogP contribution in [0.25, 0.3) is 10.8 Å². The lowest BCUT2D eigenvalue weighted by atomic mass is 9.56. The molecule has 3 unspecified atom stereocenters. The van der Waals surface area contributed by atoms with Gasteiger partial charge in [-0.2, -0.15) is 0 Å². The number of carboxylic acid groups (broad SMARTS) is 1. The molecule has 2 heterocycles. The van der Waals surface area contributed by atoms with Gasteiger partial charge < -0.3 is 25.0 Å². The molecule has 1 aliphatic carbocycles. The fourth-order valence-corrected chi connectivity index (χ4v) is 5.40. The number of carbonyl (C=O) groups is 2. The van der Waals surface area contributed by atoms with Crippen LogP contribution in [0, 0.1) is 11.3 Å². The van der Waals surface area contributed by atoms with Gasteiger partial charge in [0.1, 0.15) is 17.6 Å².